The topological polar surface area (TPSA) is 67.5 Å². The molecule has 0 spiro atoms. The van der Waals surface area contributed by atoms with Gasteiger partial charge in [0.1, 0.15) is 5.75 Å². The lowest BCUT2D eigenvalue weighted by molar-refractivity contribution is 0.171. The maximum atomic E-state index is 9.83. The number of rotatable bonds is 5. The molecule has 0 radical (unpaired) electrons. The van der Waals surface area contributed by atoms with Crippen molar-refractivity contribution in [2.24, 2.45) is 5.84 Å². The molecule has 1 aromatic rings. The van der Waals surface area contributed by atoms with Crippen LogP contribution in [0.1, 0.15) is 24.2 Å². The first kappa shape index (κ1) is 12.0. The summed E-state index contributed by atoms with van der Waals surface area (Å²) in [6, 6.07) is 5.81. The second-order valence-corrected chi connectivity index (χ2v) is 3.35. The number of hydrazine groups is 1. The van der Waals surface area contributed by atoms with Crippen LogP contribution in [0.5, 0.6) is 5.75 Å². The molecule has 0 aliphatic carbocycles. The van der Waals surface area contributed by atoms with Gasteiger partial charge in [0.25, 0.3) is 0 Å². The van der Waals surface area contributed by atoms with Gasteiger partial charge in [0.2, 0.25) is 0 Å². The molecule has 0 saturated carbocycles. The molecule has 1 atom stereocenters. The Morgan fingerprint density at radius 2 is 2.27 bits per heavy atom. The van der Waals surface area contributed by atoms with E-state index in [0.29, 0.717) is 12.3 Å². The van der Waals surface area contributed by atoms with Crippen molar-refractivity contribution >= 4 is 0 Å². The van der Waals surface area contributed by atoms with Gasteiger partial charge < -0.3 is 9.84 Å². The SMILES string of the molecule is CCc1ccc(OC)c(C(O)CNN)c1. The van der Waals surface area contributed by atoms with Crippen LogP contribution in [0.4, 0.5) is 0 Å². The Balaban J connectivity index is 3.00. The molecule has 0 aliphatic heterocycles. The highest BCUT2D eigenvalue weighted by molar-refractivity contribution is 5.39. The van der Waals surface area contributed by atoms with Gasteiger partial charge in [0.15, 0.2) is 0 Å². The van der Waals surface area contributed by atoms with Gasteiger partial charge >= 0.3 is 0 Å². The lowest BCUT2D eigenvalue weighted by atomic mass is 10.0. The van der Waals surface area contributed by atoms with Gasteiger partial charge in [-0.1, -0.05) is 13.0 Å². The van der Waals surface area contributed by atoms with E-state index in [1.54, 1.807) is 7.11 Å². The summed E-state index contributed by atoms with van der Waals surface area (Å²) in [5.41, 5.74) is 4.39. The van der Waals surface area contributed by atoms with E-state index in [1.807, 2.05) is 18.2 Å². The van der Waals surface area contributed by atoms with Crippen LogP contribution in [0.3, 0.4) is 0 Å². The van der Waals surface area contributed by atoms with Crippen LogP contribution >= 0.6 is 0 Å². The van der Waals surface area contributed by atoms with E-state index in [4.69, 9.17) is 10.6 Å². The summed E-state index contributed by atoms with van der Waals surface area (Å²) >= 11 is 0. The molecule has 1 unspecified atom stereocenters. The second kappa shape index (κ2) is 5.70. The highest BCUT2D eigenvalue weighted by Crippen LogP contribution is 2.26. The lowest BCUT2D eigenvalue weighted by Gasteiger charge is -2.15. The molecule has 0 aromatic heterocycles. The van der Waals surface area contributed by atoms with Crippen molar-refractivity contribution in [1.29, 1.82) is 0 Å². The van der Waals surface area contributed by atoms with Gasteiger partial charge in [0, 0.05) is 12.1 Å². The van der Waals surface area contributed by atoms with E-state index in [1.165, 1.54) is 5.56 Å². The molecule has 0 aliphatic rings. The van der Waals surface area contributed by atoms with Gasteiger partial charge in [-0.2, -0.15) is 0 Å². The van der Waals surface area contributed by atoms with Gasteiger partial charge in [0.05, 0.1) is 13.2 Å². The van der Waals surface area contributed by atoms with Crippen molar-refractivity contribution in [3.63, 3.8) is 0 Å². The second-order valence-electron chi connectivity index (χ2n) is 3.35. The Morgan fingerprint density at radius 1 is 1.53 bits per heavy atom. The molecule has 1 rings (SSSR count). The summed E-state index contributed by atoms with van der Waals surface area (Å²) in [5.74, 6) is 5.87. The molecule has 4 N–H and O–H groups in total. The minimum atomic E-state index is -0.642. The predicted octanol–water partition coefficient (Wildman–Crippen LogP) is 0.754. The number of hydrogen-bond donors (Lipinski definition) is 3. The first-order valence-corrected chi connectivity index (χ1v) is 5.01. The summed E-state index contributed by atoms with van der Waals surface area (Å²) in [5, 5.41) is 9.83. The predicted molar refractivity (Wildman–Crippen MR) is 59.5 cm³/mol. The number of ether oxygens (including phenoxy) is 1. The number of hydrogen-bond acceptors (Lipinski definition) is 4. The van der Waals surface area contributed by atoms with Gasteiger partial charge in [-0.05, 0) is 24.1 Å². The molecule has 4 nitrogen and oxygen atoms in total. The summed E-state index contributed by atoms with van der Waals surface area (Å²) in [4.78, 5) is 0. The fraction of sp³-hybridized carbons (Fsp3) is 0.455. The van der Waals surface area contributed by atoms with Gasteiger partial charge in [-0.3, -0.25) is 11.3 Å². The average molecular weight is 210 g/mol. The standard InChI is InChI=1S/C11H18N2O2/c1-3-8-4-5-11(15-2)9(6-8)10(14)7-13-12/h4-6,10,13-14H,3,7,12H2,1-2H3. The number of aliphatic hydroxyl groups is 1. The molecule has 15 heavy (non-hydrogen) atoms. The van der Waals surface area contributed by atoms with Crippen molar-refractivity contribution in [1.82, 2.24) is 5.43 Å². The zero-order chi connectivity index (χ0) is 11.3. The third kappa shape index (κ3) is 2.92. The number of aryl methyl sites for hydroxylation is 1. The monoisotopic (exact) mass is 210 g/mol. The number of benzene rings is 1. The van der Waals surface area contributed by atoms with Crippen LogP contribution in [-0.2, 0) is 6.42 Å². The Kier molecular flexibility index (Phi) is 4.55. The first-order valence-electron chi connectivity index (χ1n) is 5.01. The Bertz CT molecular complexity index is 315. The van der Waals surface area contributed by atoms with Crippen molar-refractivity contribution in [3.05, 3.63) is 29.3 Å². The third-order valence-electron chi connectivity index (χ3n) is 2.37. The number of nitrogens with one attached hydrogen (secondary N) is 1. The van der Waals surface area contributed by atoms with E-state index in [0.717, 1.165) is 12.0 Å². The summed E-state index contributed by atoms with van der Waals surface area (Å²) in [6.45, 7) is 2.38. The smallest absolute Gasteiger partial charge is 0.124 e. The highest BCUT2D eigenvalue weighted by Gasteiger charge is 2.12. The van der Waals surface area contributed by atoms with Crippen molar-refractivity contribution in [2.75, 3.05) is 13.7 Å². The van der Waals surface area contributed by atoms with E-state index in [9.17, 15) is 5.11 Å². The maximum absolute atomic E-state index is 9.83. The Morgan fingerprint density at radius 3 is 2.80 bits per heavy atom. The number of aliphatic hydroxyl groups excluding tert-OH is 1. The summed E-state index contributed by atoms with van der Waals surface area (Å²) < 4.78 is 5.18. The van der Waals surface area contributed by atoms with Crippen LogP contribution in [0.2, 0.25) is 0 Å². The van der Waals surface area contributed by atoms with E-state index < -0.39 is 6.10 Å². The van der Waals surface area contributed by atoms with E-state index in [-0.39, 0.29) is 0 Å². The Hall–Kier alpha value is -1.10. The zero-order valence-electron chi connectivity index (χ0n) is 9.16. The molecule has 0 bridgehead atoms. The van der Waals surface area contributed by atoms with Crippen LogP contribution in [0.25, 0.3) is 0 Å². The molecular weight excluding hydrogens is 192 g/mol. The Labute approximate surface area is 90.0 Å². The quantitative estimate of drug-likeness (QED) is 0.495. The summed E-state index contributed by atoms with van der Waals surface area (Å²) in [6.07, 6.45) is 0.288. The molecule has 84 valence electrons. The zero-order valence-corrected chi connectivity index (χ0v) is 9.16. The van der Waals surface area contributed by atoms with Crippen molar-refractivity contribution in [2.45, 2.75) is 19.4 Å². The number of methoxy groups -OCH3 is 1. The fourth-order valence-electron chi connectivity index (χ4n) is 1.49. The van der Waals surface area contributed by atoms with Gasteiger partial charge in [-0.25, -0.2) is 0 Å². The average Bonchev–Trinajstić information content (AvgIpc) is 2.28. The minimum absolute atomic E-state index is 0.309. The first-order chi connectivity index (χ1) is 7.22. The maximum Gasteiger partial charge on any atom is 0.124 e. The number of nitrogens with two attached hydrogens (primary N) is 1. The van der Waals surface area contributed by atoms with Crippen LogP contribution in [-0.4, -0.2) is 18.8 Å². The van der Waals surface area contributed by atoms with Gasteiger partial charge in [-0.15, -0.1) is 0 Å². The molecule has 0 amide bonds. The summed E-state index contributed by atoms with van der Waals surface area (Å²) in [7, 11) is 1.59. The van der Waals surface area contributed by atoms with Crippen LogP contribution < -0.4 is 16.0 Å². The lowest BCUT2D eigenvalue weighted by Crippen LogP contribution is -2.27. The largest absolute Gasteiger partial charge is 0.496 e. The molecule has 0 fully saturated rings. The highest BCUT2D eigenvalue weighted by atomic mass is 16.5. The van der Waals surface area contributed by atoms with Crippen LogP contribution in [0.15, 0.2) is 18.2 Å². The van der Waals surface area contributed by atoms with Crippen molar-refractivity contribution < 1.29 is 9.84 Å². The third-order valence-corrected chi connectivity index (χ3v) is 2.37. The fourth-order valence-corrected chi connectivity index (χ4v) is 1.49. The molecule has 1 aromatic carbocycles. The van der Waals surface area contributed by atoms with E-state index >= 15 is 0 Å². The van der Waals surface area contributed by atoms with Crippen molar-refractivity contribution in [3.8, 4) is 5.75 Å². The normalized spacial score (nSPS) is 12.5. The molecule has 4 heteroatoms. The van der Waals surface area contributed by atoms with Crippen LogP contribution in [0, 0.1) is 0 Å². The van der Waals surface area contributed by atoms with E-state index in [2.05, 4.69) is 12.3 Å². The molecular formula is C11H18N2O2. The minimum Gasteiger partial charge on any atom is -0.496 e. The molecule has 0 heterocycles. The molecule has 0 saturated heterocycles.